The smallest absolute Gasteiger partial charge is 0.265 e. The number of benzene rings is 1. The molecule has 2 aromatic heterocycles. The van der Waals surface area contributed by atoms with Crippen LogP contribution in [0.5, 0.6) is 5.75 Å². The third-order valence-corrected chi connectivity index (χ3v) is 7.83. The van der Waals surface area contributed by atoms with Crippen LogP contribution in [-0.2, 0) is 17.1 Å². The van der Waals surface area contributed by atoms with E-state index in [2.05, 4.69) is 9.71 Å². The Bertz CT molecular complexity index is 1240. The highest BCUT2D eigenvalue weighted by atomic mass is 32.2. The lowest BCUT2D eigenvalue weighted by Crippen LogP contribution is -2.27. The molecule has 1 saturated heterocycles. The third-order valence-electron chi connectivity index (χ3n) is 5.32. The second-order valence-electron chi connectivity index (χ2n) is 7.64. The van der Waals surface area contributed by atoms with Crippen LogP contribution >= 0.6 is 11.3 Å². The number of rotatable bonds is 7. The van der Waals surface area contributed by atoms with Crippen molar-refractivity contribution in [3.63, 3.8) is 0 Å². The zero-order valence-corrected chi connectivity index (χ0v) is 19.9. The van der Waals surface area contributed by atoms with Gasteiger partial charge in [0.1, 0.15) is 20.5 Å². The number of thiazole rings is 1. The van der Waals surface area contributed by atoms with Gasteiger partial charge < -0.3 is 14.2 Å². The fraction of sp³-hybridized carbons (Fsp3) is 0.364. The standard InChI is InChI=1S/C22H26N4O4S2/c1-4-30-19-10-6-5-9-17(19)24-32(28,29)16-13-18(25(3)14-16)21-23-15(2)20(31-21)22(27)26-11-7-8-12-26/h5-6,9-10,13-14,24H,4,7-8,11-12H2,1-3H3. The first-order valence-electron chi connectivity index (χ1n) is 10.5. The number of hydrogen-bond acceptors (Lipinski definition) is 6. The SMILES string of the molecule is CCOc1ccccc1NS(=O)(=O)c1cc(-c2nc(C)c(C(=O)N3CCCC3)s2)n(C)c1. The fourth-order valence-electron chi connectivity index (χ4n) is 3.70. The van der Waals surface area contributed by atoms with Gasteiger partial charge in [-0.1, -0.05) is 12.1 Å². The van der Waals surface area contributed by atoms with E-state index in [-0.39, 0.29) is 10.8 Å². The minimum Gasteiger partial charge on any atom is -0.492 e. The van der Waals surface area contributed by atoms with Crippen LogP contribution in [0.4, 0.5) is 5.69 Å². The summed E-state index contributed by atoms with van der Waals surface area (Å²) in [5.41, 5.74) is 1.68. The van der Waals surface area contributed by atoms with Gasteiger partial charge in [-0.05, 0) is 44.9 Å². The summed E-state index contributed by atoms with van der Waals surface area (Å²) < 4.78 is 35.9. The maximum atomic E-state index is 13.1. The van der Waals surface area contributed by atoms with Crippen molar-refractivity contribution in [2.24, 2.45) is 7.05 Å². The first kappa shape index (κ1) is 22.3. The molecule has 1 aliphatic heterocycles. The lowest BCUT2D eigenvalue weighted by molar-refractivity contribution is 0.0796. The zero-order chi connectivity index (χ0) is 22.9. The molecule has 1 N–H and O–H groups in total. The second-order valence-corrected chi connectivity index (χ2v) is 10.3. The molecule has 1 fully saturated rings. The van der Waals surface area contributed by atoms with Gasteiger partial charge >= 0.3 is 0 Å². The monoisotopic (exact) mass is 474 g/mol. The van der Waals surface area contributed by atoms with Crippen molar-refractivity contribution in [1.82, 2.24) is 14.5 Å². The van der Waals surface area contributed by atoms with Gasteiger partial charge in [0.25, 0.3) is 15.9 Å². The Kier molecular flexibility index (Phi) is 6.25. The Hall–Kier alpha value is -2.85. The summed E-state index contributed by atoms with van der Waals surface area (Å²) >= 11 is 1.30. The van der Waals surface area contributed by atoms with E-state index in [4.69, 9.17) is 4.74 Å². The minimum atomic E-state index is -3.85. The average molecular weight is 475 g/mol. The van der Waals surface area contributed by atoms with Crippen molar-refractivity contribution in [1.29, 1.82) is 0 Å². The van der Waals surface area contributed by atoms with Gasteiger partial charge in [0, 0.05) is 26.3 Å². The summed E-state index contributed by atoms with van der Waals surface area (Å²) in [6, 6.07) is 8.49. The summed E-state index contributed by atoms with van der Waals surface area (Å²) in [4.78, 5) is 20.0. The number of nitrogens with zero attached hydrogens (tertiary/aromatic N) is 3. The van der Waals surface area contributed by atoms with Gasteiger partial charge in [-0.3, -0.25) is 9.52 Å². The van der Waals surface area contributed by atoms with E-state index in [1.165, 1.54) is 11.3 Å². The van der Waals surface area contributed by atoms with Crippen molar-refractivity contribution in [3.05, 3.63) is 47.1 Å². The molecule has 0 spiro atoms. The van der Waals surface area contributed by atoms with E-state index in [0.29, 0.717) is 39.3 Å². The van der Waals surface area contributed by atoms with Crippen LogP contribution in [0, 0.1) is 6.92 Å². The van der Waals surface area contributed by atoms with Crippen LogP contribution in [0.15, 0.2) is 41.4 Å². The molecule has 32 heavy (non-hydrogen) atoms. The number of aryl methyl sites for hydroxylation is 2. The van der Waals surface area contributed by atoms with E-state index in [1.54, 1.807) is 48.1 Å². The van der Waals surface area contributed by atoms with E-state index >= 15 is 0 Å². The maximum Gasteiger partial charge on any atom is 0.265 e. The molecule has 1 aromatic carbocycles. The van der Waals surface area contributed by atoms with Crippen LogP contribution in [-0.4, -0.2) is 48.5 Å². The van der Waals surface area contributed by atoms with Crippen LogP contribution in [0.2, 0.25) is 0 Å². The predicted molar refractivity (Wildman–Crippen MR) is 125 cm³/mol. The number of carbonyl (C=O) groups is 1. The molecule has 0 atom stereocenters. The molecule has 0 radical (unpaired) electrons. The number of ether oxygens (including phenoxy) is 1. The van der Waals surface area contributed by atoms with Crippen molar-refractivity contribution in [2.75, 3.05) is 24.4 Å². The second kappa shape index (κ2) is 8.95. The van der Waals surface area contributed by atoms with Crippen molar-refractivity contribution in [3.8, 4) is 16.5 Å². The summed E-state index contributed by atoms with van der Waals surface area (Å²) in [7, 11) is -2.08. The Morgan fingerprint density at radius 3 is 2.69 bits per heavy atom. The number of carbonyl (C=O) groups excluding carboxylic acids is 1. The number of hydrogen-bond donors (Lipinski definition) is 1. The number of para-hydroxylation sites is 2. The van der Waals surface area contributed by atoms with Crippen LogP contribution in [0.1, 0.15) is 35.1 Å². The molecule has 0 unspecified atom stereocenters. The largest absolute Gasteiger partial charge is 0.492 e. The summed E-state index contributed by atoms with van der Waals surface area (Å²) in [6.45, 7) is 5.62. The van der Waals surface area contributed by atoms with Gasteiger partial charge in [0.15, 0.2) is 0 Å². The van der Waals surface area contributed by atoms with Crippen molar-refractivity contribution >= 4 is 33.0 Å². The highest BCUT2D eigenvalue weighted by Crippen LogP contribution is 2.33. The topological polar surface area (TPSA) is 93.5 Å². The van der Waals surface area contributed by atoms with Gasteiger partial charge in [-0.15, -0.1) is 11.3 Å². The molecular formula is C22H26N4O4S2. The Morgan fingerprint density at radius 2 is 1.97 bits per heavy atom. The van der Waals surface area contributed by atoms with Crippen LogP contribution < -0.4 is 9.46 Å². The molecule has 3 aromatic rings. The molecule has 3 heterocycles. The molecule has 10 heteroatoms. The lowest BCUT2D eigenvalue weighted by atomic mass is 10.3. The molecule has 1 aliphatic rings. The predicted octanol–water partition coefficient (Wildman–Crippen LogP) is 3.89. The summed E-state index contributed by atoms with van der Waals surface area (Å²) in [6.07, 6.45) is 3.59. The van der Waals surface area contributed by atoms with Gasteiger partial charge in [-0.25, -0.2) is 13.4 Å². The quantitative estimate of drug-likeness (QED) is 0.561. The highest BCUT2D eigenvalue weighted by Gasteiger charge is 2.26. The molecular weight excluding hydrogens is 448 g/mol. The van der Waals surface area contributed by atoms with Gasteiger partial charge in [-0.2, -0.15) is 0 Å². The minimum absolute atomic E-state index is 0.00000186. The number of nitrogens with one attached hydrogen (secondary N) is 1. The molecule has 8 nitrogen and oxygen atoms in total. The van der Waals surface area contributed by atoms with E-state index in [0.717, 1.165) is 25.9 Å². The third kappa shape index (κ3) is 4.37. The maximum absolute atomic E-state index is 13.1. The van der Waals surface area contributed by atoms with E-state index in [9.17, 15) is 13.2 Å². The number of aromatic nitrogens is 2. The first-order chi connectivity index (χ1) is 15.3. The van der Waals surface area contributed by atoms with Gasteiger partial charge in [0.2, 0.25) is 0 Å². The summed E-state index contributed by atoms with van der Waals surface area (Å²) in [5.74, 6) is 0.468. The van der Waals surface area contributed by atoms with E-state index < -0.39 is 10.0 Å². The first-order valence-corrected chi connectivity index (χ1v) is 12.8. The van der Waals surface area contributed by atoms with Crippen LogP contribution in [0.3, 0.4) is 0 Å². The molecule has 1 amide bonds. The average Bonchev–Trinajstić information content (AvgIpc) is 3.49. The van der Waals surface area contributed by atoms with Crippen LogP contribution in [0.25, 0.3) is 10.7 Å². The highest BCUT2D eigenvalue weighted by molar-refractivity contribution is 7.92. The zero-order valence-electron chi connectivity index (χ0n) is 18.3. The fourth-order valence-corrected chi connectivity index (χ4v) is 5.93. The Labute approximate surface area is 191 Å². The normalized spacial score (nSPS) is 14.0. The van der Waals surface area contributed by atoms with Crippen molar-refractivity contribution < 1.29 is 17.9 Å². The summed E-state index contributed by atoms with van der Waals surface area (Å²) in [5, 5.41) is 0.615. The van der Waals surface area contributed by atoms with E-state index in [1.807, 2.05) is 18.7 Å². The molecule has 170 valence electrons. The lowest BCUT2D eigenvalue weighted by Gasteiger charge is -2.13. The Balaban J connectivity index is 1.62. The molecule has 0 bridgehead atoms. The van der Waals surface area contributed by atoms with Crippen molar-refractivity contribution in [2.45, 2.75) is 31.6 Å². The Morgan fingerprint density at radius 1 is 1.25 bits per heavy atom. The number of likely N-dealkylation sites (tertiary alicyclic amines) is 1. The van der Waals surface area contributed by atoms with Gasteiger partial charge in [0.05, 0.1) is 23.7 Å². The number of amides is 1. The number of sulfonamides is 1. The molecule has 4 rings (SSSR count). The molecule has 0 saturated carbocycles. The molecule has 0 aliphatic carbocycles. The number of anilines is 1.